The lowest BCUT2D eigenvalue weighted by Gasteiger charge is -2.04. The molecular weight excluding hydrogens is 332 g/mol. The molecule has 1 heterocycles. The van der Waals surface area contributed by atoms with Crippen molar-refractivity contribution in [1.82, 2.24) is 9.97 Å². The zero-order valence-corrected chi connectivity index (χ0v) is 11.2. The summed E-state index contributed by atoms with van der Waals surface area (Å²) >= 11 is 2.16. The summed E-state index contributed by atoms with van der Waals surface area (Å²) in [6.07, 6.45) is 4.33. The van der Waals surface area contributed by atoms with Crippen LogP contribution in [0.4, 0.5) is 10.3 Å². The molecule has 88 valence electrons. The quantitative estimate of drug-likeness (QED) is 0.868. The molecule has 0 atom stereocenters. The molecule has 1 aromatic carbocycles. The number of nitrogens with zero attached hydrogens (tertiary/aromatic N) is 2. The van der Waals surface area contributed by atoms with Gasteiger partial charge in [0.1, 0.15) is 5.82 Å². The number of benzene rings is 1. The zero-order chi connectivity index (χ0) is 12.1. The lowest BCUT2D eigenvalue weighted by atomic mass is 10.1. The lowest BCUT2D eigenvalue weighted by molar-refractivity contribution is 0.627. The number of aromatic nitrogens is 2. The Morgan fingerprint density at radius 3 is 2.41 bits per heavy atom. The Balaban J connectivity index is 1.83. The number of rotatable bonds is 4. The lowest BCUT2D eigenvalue weighted by Crippen LogP contribution is -2.07. The fourth-order valence-corrected chi connectivity index (χ4v) is 1.65. The summed E-state index contributed by atoms with van der Waals surface area (Å²) in [7, 11) is 0. The van der Waals surface area contributed by atoms with Crippen LogP contribution < -0.4 is 5.32 Å². The van der Waals surface area contributed by atoms with Gasteiger partial charge in [-0.05, 0) is 46.7 Å². The highest BCUT2D eigenvalue weighted by molar-refractivity contribution is 14.1. The average Bonchev–Trinajstić information content (AvgIpc) is 2.34. The molecule has 0 radical (unpaired) electrons. The Morgan fingerprint density at radius 2 is 1.76 bits per heavy atom. The molecule has 0 bridgehead atoms. The smallest absolute Gasteiger partial charge is 0.222 e. The average molecular weight is 343 g/mol. The minimum absolute atomic E-state index is 0.206. The summed E-state index contributed by atoms with van der Waals surface area (Å²) in [4.78, 5) is 8.27. The minimum atomic E-state index is -0.206. The zero-order valence-electron chi connectivity index (χ0n) is 9.03. The van der Waals surface area contributed by atoms with E-state index in [1.165, 1.54) is 12.1 Å². The van der Waals surface area contributed by atoms with Crippen molar-refractivity contribution in [3.63, 3.8) is 0 Å². The van der Waals surface area contributed by atoms with Crippen LogP contribution >= 0.6 is 22.6 Å². The van der Waals surface area contributed by atoms with Gasteiger partial charge in [0.25, 0.3) is 0 Å². The first-order valence-corrected chi connectivity index (χ1v) is 6.28. The van der Waals surface area contributed by atoms with Crippen molar-refractivity contribution in [1.29, 1.82) is 0 Å². The normalized spacial score (nSPS) is 10.2. The third-order valence-corrected chi connectivity index (χ3v) is 2.79. The van der Waals surface area contributed by atoms with Gasteiger partial charge in [-0.15, -0.1) is 0 Å². The Hall–Kier alpha value is -1.24. The Kier molecular flexibility index (Phi) is 4.24. The van der Waals surface area contributed by atoms with Gasteiger partial charge in [-0.3, -0.25) is 0 Å². The van der Waals surface area contributed by atoms with Crippen molar-refractivity contribution in [3.8, 4) is 0 Å². The monoisotopic (exact) mass is 343 g/mol. The predicted octanol–water partition coefficient (Wildman–Crippen LogP) is 2.87. The molecule has 0 aliphatic carbocycles. The number of nitrogens with one attached hydrogen (secondary N) is 1. The van der Waals surface area contributed by atoms with Crippen molar-refractivity contribution in [2.45, 2.75) is 6.42 Å². The van der Waals surface area contributed by atoms with E-state index in [2.05, 4.69) is 37.9 Å². The molecule has 17 heavy (non-hydrogen) atoms. The van der Waals surface area contributed by atoms with E-state index in [1.807, 2.05) is 0 Å². The summed E-state index contributed by atoms with van der Waals surface area (Å²) in [5, 5.41) is 3.12. The van der Waals surface area contributed by atoms with Gasteiger partial charge in [0.2, 0.25) is 5.95 Å². The maximum absolute atomic E-state index is 12.7. The second-order valence-electron chi connectivity index (χ2n) is 3.53. The van der Waals surface area contributed by atoms with Crippen LogP contribution in [0.5, 0.6) is 0 Å². The van der Waals surface area contributed by atoms with Crippen LogP contribution in [0, 0.1) is 9.39 Å². The third-order valence-electron chi connectivity index (χ3n) is 2.23. The van der Waals surface area contributed by atoms with Crippen molar-refractivity contribution in [2.24, 2.45) is 0 Å². The van der Waals surface area contributed by atoms with Gasteiger partial charge in [-0.1, -0.05) is 12.1 Å². The van der Waals surface area contributed by atoms with Crippen LogP contribution in [-0.4, -0.2) is 16.5 Å². The van der Waals surface area contributed by atoms with Gasteiger partial charge < -0.3 is 5.32 Å². The first-order valence-electron chi connectivity index (χ1n) is 5.20. The fourth-order valence-electron chi connectivity index (χ4n) is 1.37. The molecule has 1 N–H and O–H groups in total. The van der Waals surface area contributed by atoms with Crippen molar-refractivity contribution in [3.05, 3.63) is 51.6 Å². The van der Waals surface area contributed by atoms with E-state index in [9.17, 15) is 4.39 Å². The number of anilines is 1. The topological polar surface area (TPSA) is 37.8 Å². The molecular formula is C12H11FIN3. The van der Waals surface area contributed by atoms with Gasteiger partial charge in [0.05, 0.1) is 0 Å². The second-order valence-corrected chi connectivity index (χ2v) is 4.77. The largest absolute Gasteiger partial charge is 0.354 e. The van der Waals surface area contributed by atoms with Crippen LogP contribution in [0.15, 0.2) is 36.7 Å². The minimum Gasteiger partial charge on any atom is -0.354 e. The van der Waals surface area contributed by atoms with Crippen LogP contribution in [0.25, 0.3) is 0 Å². The summed E-state index contributed by atoms with van der Waals surface area (Å²) < 4.78 is 13.7. The molecule has 5 heteroatoms. The molecule has 0 aliphatic heterocycles. The van der Waals surface area contributed by atoms with Crippen LogP contribution in [0.3, 0.4) is 0 Å². The SMILES string of the molecule is Fc1ccc(CCNc2ncc(I)cn2)cc1. The summed E-state index contributed by atoms with van der Waals surface area (Å²) in [5.41, 5.74) is 1.09. The molecule has 0 saturated heterocycles. The third kappa shape index (κ3) is 3.92. The first-order chi connectivity index (χ1) is 8.24. The van der Waals surface area contributed by atoms with Crippen molar-refractivity contribution in [2.75, 3.05) is 11.9 Å². The van der Waals surface area contributed by atoms with E-state index in [0.29, 0.717) is 5.95 Å². The van der Waals surface area contributed by atoms with E-state index >= 15 is 0 Å². The van der Waals surface area contributed by atoms with E-state index in [1.54, 1.807) is 24.5 Å². The van der Waals surface area contributed by atoms with E-state index < -0.39 is 0 Å². The highest BCUT2D eigenvalue weighted by atomic mass is 127. The maximum atomic E-state index is 12.7. The highest BCUT2D eigenvalue weighted by Crippen LogP contribution is 2.05. The molecule has 0 amide bonds. The molecule has 0 fully saturated rings. The van der Waals surface area contributed by atoms with E-state index in [4.69, 9.17) is 0 Å². The second kappa shape index (κ2) is 5.90. The fraction of sp³-hybridized carbons (Fsp3) is 0.167. The van der Waals surface area contributed by atoms with Crippen molar-refractivity contribution >= 4 is 28.5 Å². The van der Waals surface area contributed by atoms with Gasteiger partial charge in [0.15, 0.2) is 0 Å². The molecule has 3 nitrogen and oxygen atoms in total. The first kappa shape index (κ1) is 12.2. The molecule has 0 aliphatic rings. The highest BCUT2D eigenvalue weighted by Gasteiger charge is 1.97. The Labute approximate surface area is 113 Å². The maximum Gasteiger partial charge on any atom is 0.222 e. The predicted molar refractivity (Wildman–Crippen MR) is 73.3 cm³/mol. The van der Waals surface area contributed by atoms with Crippen LogP contribution in [-0.2, 0) is 6.42 Å². The summed E-state index contributed by atoms with van der Waals surface area (Å²) in [6, 6.07) is 6.50. The molecule has 0 unspecified atom stereocenters. The van der Waals surface area contributed by atoms with E-state index in [-0.39, 0.29) is 5.82 Å². The number of halogens is 2. The Bertz CT molecular complexity index is 425. The summed E-state index contributed by atoms with van der Waals surface area (Å²) in [6.45, 7) is 0.728. The molecule has 1 aromatic heterocycles. The van der Waals surface area contributed by atoms with Crippen LogP contribution in [0.2, 0.25) is 0 Å². The Morgan fingerprint density at radius 1 is 1.12 bits per heavy atom. The molecule has 0 spiro atoms. The number of hydrogen-bond donors (Lipinski definition) is 1. The standard InChI is InChI=1S/C12H11FIN3/c13-10-3-1-9(2-4-10)5-6-15-12-16-7-11(14)8-17-12/h1-4,7-8H,5-6H2,(H,15,16,17). The van der Waals surface area contributed by atoms with Gasteiger partial charge >= 0.3 is 0 Å². The summed E-state index contributed by atoms with van der Waals surface area (Å²) in [5.74, 6) is 0.412. The van der Waals surface area contributed by atoms with Gasteiger partial charge in [-0.2, -0.15) is 0 Å². The number of hydrogen-bond acceptors (Lipinski definition) is 3. The molecule has 2 aromatic rings. The van der Waals surface area contributed by atoms with Crippen LogP contribution in [0.1, 0.15) is 5.56 Å². The van der Waals surface area contributed by atoms with E-state index in [0.717, 1.165) is 22.1 Å². The van der Waals surface area contributed by atoms with Gasteiger partial charge in [0, 0.05) is 22.5 Å². The molecule has 0 saturated carbocycles. The van der Waals surface area contributed by atoms with Gasteiger partial charge in [-0.25, -0.2) is 14.4 Å². The molecule has 2 rings (SSSR count). The van der Waals surface area contributed by atoms with Crippen molar-refractivity contribution < 1.29 is 4.39 Å².